The van der Waals surface area contributed by atoms with Crippen molar-refractivity contribution in [3.05, 3.63) is 48.0 Å². The van der Waals surface area contributed by atoms with Crippen molar-refractivity contribution < 1.29 is 19.1 Å². The van der Waals surface area contributed by atoms with Gasteiger partial charge in [0.2, 0.25) is 0 Å². The van der Waals surface area contributed by atoms with E-state index < -0.39 is 0 Å². The molecule has 0 radical (unpaired) electrons. The Morgan fingerprint density at radius 3 is 2.61 bits per heavy atom. The molecule has 7 heteroatoms. The predicted octanol–water partition coefficient (Wildman–Crippen LogP) is 3.00. The number of aromatic nitrogens is 1. The van der Waals surface area contributed by atoms with E-state index in [1.807, 2.05) is 42.5 Å². The van der Waals surface area contributed by atoms with Gasteiger partial charge in [-0.2, -0.15) is 0 Å². The molecule has 31 heavy (non-hydrogen) atoms. The molecule has 1 amide bonds. The van der Waals surface area contributed by atoms with Crippen molar-refractivity contribution in [2.24, 2.45) is 5.92 Å². The summed E-state index contributed by atoms with van der Waals surface area (Å²) in [4.78, 5) is 34.5. The smallest absolute Gasteiger partial charge is 0.310 e. The van der Waals surface area contributed by atoms with Crippen LogP contribution in [-0.4, -0.2) is 67.8 Å². The molecule has 1 aromatic heterocycles. The molecular weight excluding hydrogens is 394 g/mol. The molecule has 0 N–H and O–H groups in total. The standard InChI is InChI=1S/C24H29N3O4/c1-2-31-24(29)19-9-6-12-27(17-19)23(28)20-10-11-21(18-7-4-3-5-8-18)25-22(20)26-13-15-30-16-14-26/h3-5,7-8,10-11,19H,2,6,9,12-17H2,1H3. The third kappa shape index (κ3) is 4.88. The fraction of sp³-hybridized carbons (Fsp3) is 0.458. The number of rotatable bonds is 5. The number of carbonyl (C=O) groups excluding carboxylic acids is 2. The first kappa shape index (κ1) is 21.3. The fourth-order valence-electron chi connectivity index (χ4n) is 4.19. The van der Waals surface area contributed by atoms with Crippen LogP contribution in [0.1, 0.15) is 30.1 Å². The van der Waals surface area contributed by atoms with Crippen LogP contribution in [0.2, 0.25) is 0 Å². The summed E-state index contributed by atoms with van der Waals surface area (Å²) in [5.74, 6) is 0.127. The minimum Gasteiger partial charge on any atom is -0.466 e. The number of morpholine rings is 1. The second-order valence-corrected chi connectivity index (χ2v) is 7.88. The molecule has 1 atom stereocenters. The van der Waals surface area contributed by atoms with E-state index >= 15 is 0 Å². The molecule has 0 aliphatic carbocycles. The summed E-state index contributed by atoms with van der Waals surface area (Å²) >= 11 is 0. The third-order valence-corrected chi connectivity index (χ3v) is 5.81. The number of likely N-dealkylation sites (tertiary alicyclic amines) is 1. The van der Waals surface area contributed by atoms with Crippen LogP contribution in [0.5, 0.6) is 0 Å². The van der Waals surface area contributed by atoms with Crippen LogP contribution >= 0.6 is 0 Å². The van der Waals surface area contributed by atoms with E-state index in [2.05, 4.69) is 4.90 Å². The Morgan fingerprint density at radius 2 is 1.87 bits per heavy atom. The van der Waals surface area contributed by atoms with Gasteiger partial charge in [0, 0.05) is 31.7 Å². The number of carbonyl (C=O) groups is 2. The first-order valence-electron chi connectivity index (χ1n) is 11.0. The Kier molecular flexibility index (Phi) is 6.82. The molecular formula is C24H29N3O4. The number of anilines is 1. The predicted molar refractivity (Wildman–Crippen MR) is 118 cm³/mol. The van der Waals surface area contributed by atoms with Gasteiger partial charge in [0.05, 0.1) is 37.0 Å². The topological polar surface area (TPSA) is 72.0 Å². The molecule has 1 aromatic carbocycles. The zero-order valence-electron chi connectivity index (χ0n) is 18.0. The minimum atomic E-state index is -0.263. The lowest BCUT2D eigenvalue weighted by molar-refractivity contribution is -0.149. The van der Waals surface area contributed by atoms with Crippen molar-refractivity contribution in [2.75, 3.05) is 50.9 Å². The van der Waals surface area contributed by atoms with Gasteiger partial charge in [-0.15, -0.1) is 0 Å². The van der Waals surface area contributed by atoms with Crippen molar-refractivity contribution in [3.63, 3.8) is 0 Å². The fourth-order valence-corrected chi connectivity index (χ4v) is 4.19. The largest absolute Gasteiger partial charge is 0.466 e. The van der Waals surface area contributed by atoms with Gasteiger partial charge in [0.1, 0.15) is 5.82 Å². The monoisotopic (exact) mass is 423 g/mol. The van der Waals surface area contributed by atoms with Gasteiger partial charge >= 0.3 is 5.97 Å². The summed E-state index contributed by atoms with van der Waals surface area (Å²) in [6, 6.07) is 13.7. The van der Waals surface area contributed by atoms with Crippen molar-refractivity contribution in [3.8, 4) is 11.3 Å². The highest BCUT2D eigenvalue weighted by atomic mass is 16.5. The molecule has 0 bridgehead atoms. The van der Waals surface area contributed by atoms with Crippen LogP contribution < -0.4 is 4.90 Å². The number of piperidine rings is 1. The Labute approximate surface area is 183 Å². The number of esters is 1. The maximum atomic E-state index is 13.5. The maximum absolute atomic E-state index is 13.5. The van der Waals surface area contributed by atoms with E-state index in [1.165, 1.54) is 0 Å². The van der Waals surface area contributed by atoms with Crippen LogP contribution in [0.4, 0.5) is 5.82 Å². The molecule has 2 aromatic rings. The minimum absolute atomic E-state index is 0.0809. The highest BCUT2D eigenvalue weighted by Crippen LogP contribution is 2.28. The van der Waals surface area contributed by atoms with Crippen LogP contribution in [0, 0.1) is 5.92 Å². The lowest BCUT2D eigenvalue weighted by Gasteiger charge is -2.34. The Bertz CT molecular complexity index is 912. The molecule has 2 saturated heterocycles. The Balaban J connectivity index is 1.63. The molecule has 3 heterocycles. The Morgan fingerprint density at radius 1 is 1.10 bits per heavy atom. The van der Waals surface area contributed by atoms with Gasteiger partial charge in [-0.3, -0.25) is 9.59 Å². The second kappa shape index (κ2) is 9.92. The van der Waals surface area contributed by atoms with Crippen LogP contribution in [-0.2, 0) is 14.3 Å². The summed E-state index contributed by atoms with van der Waals surface area (Å²) < 4.78 is 10.7. The van der Waals surface area contributed by atoms with E-state index in [0.29, 0.717) is 57.4 Å². The molecule has 7 nitrogen and oxygen atoms in total. The van der Waals surface area contributed by atoms with E-state index in [1.54, 1.807) is 11.8 Å². The van der Waals surface area contributed by atoms with Crippen molar-refractivity contribution in [1.29, 1.82) is 0 Å². The third-order valence-electron chi connectivity index (χ3n) is 5.81. The summed E-state index contributed by atoms with van der Waals surface area (Å²) in [6.45, 7) is 5.79. The van der Waals surface area contributed by atoms with Crippen molar-refractivity contribution >= 4 is 17.7 Å². The summed E-state index contributed by atoms with van der Waals surface area (Å²) in [5, 5.41) is 0. The quantitative estimate of drug-likeness (QED) is 0.689. The highest BCUT2D eigenvalue weighted by molar-refractivity contribution is 5.99. The zero-order chi connectivity index (χ0) is 21.6. The van der Waals surface area contributed by atoms with Crippen LogP contribution in [0.15, 0.2) is 42.5 Å². The number of pyridine rings is 1. The van der Waals surface area contributed by atoms with Crippen molar-refractivity contribution in [1.82, 2.24) is 9.88 Å². The van der Waals surface area contributed by atoms with Gasteiger partial charge < -0.3 is 19.3 Å². The molecule has 0 spiro atoms. The average molecular weight is 424 g/mol. The zero-order valence-corrected chi connectivity index (χ0v) is 18.0. The van der Waals surface area contributed by atoms with Gasteiger partial charge in [0.15, 0.2) is 0 Å². The normalized spacial score (nSPS) is 19.2. The van der Waals surface area contributed by atoms with E-state index in [9.17, 15) is 9.59 Å². The number of hydrogen-bond donors (Lipinski definition) is 0. The number of nitrogens with zero attached hydrogens (tertiary/aromatic N) is 3. The first-order valence-corrected chi connectivity index (χ1v) is 11.0. The highest BCUT2D eigenvalue weighted by Gasteiger charge is 2.32. The van der Waals surface area contributed by atoms with E-state index in [-0.39, 0.29) is 17.8 Å². The van der Waals surface area contributed by atoms with Gasteiger partial charge in [-0.25, -0.2) is 4.98 Å². The molecule has 4 rings (SSSR count). The molecule has 0 saturated carbocycles. The molecule has 1 unspecified atom stereocenters. The Hall–Kier alpha value is -2.93. The number of benzene rings is 1. The van der Waals surface area contributed by atoms with Crippen molar-refractivity contribution in [2.45, 2.75) is 19.8 Å². The van der Waals surface area contributed by atoms with E-state index in [0.717, 1.165) is 24.1 Å². The summed E-state index contributed by atoms with van der Waals surface area (Å²) in [7, 11) is 0. The number of hydrogen-bond acceptors (Lipinski definition) is 6. The molecule has 2 aliphatic heterocycles. The van der Waals surface area contributed by atoms with Crippen LogP contribution in [0.3, 0.4) is 0 Å². The summed E-state index contributed by atoms with van der Waals surface area (Å²) in [6.07, 6.45) is 1.54. The lowest BCUT2D eigenvalue weighted by atomic mass is 9.97. The molecule has 2 fully saturated rings. The molecule has 2 aliphatic rings. The molecule has 164 valence electrons. The number of ether oxygens (including phenoxy) is 2. The average Bonchev–Trinajstić information content (AvgIpc) is 2.84. The summed E-state index contributed by atoms with van der Waals surface area (Å²) in [5.41, 5.74) is 2.42. The van der Waals surface area contributed by atoms with Gasteiger partial charge in [-0.1, -0.05) is 30.3 Å². The lowest BCUT2D eigenvalue weighted by Crippen LogP contribution is -2.44. The van der Waals surface area contributed by atoms with Gasteiger partial charge in [0.25, 0.3) is 5.91 Å². The van der Waals surface area contributed by atoms with Gasteiger partial charge in [-0.05, 0) is 31.9 Å². The maximum Gasteiger partial charge on any atom is 0.310 e. The second-order valence-electron chi connectivity index (χ2n) is 7.88. The first-order chi connectivity index (χ1) is 15.2. The van der Waals surface area contributed by atoms with E-state index in [4.69, 9.17) is 14.5 Å². The number of amides is 1. The van der Waals surface area contributed by atoms with Crippen LogP contribution in [0.25, 0.3) is 11.3 Å². The SMILES string of the molecule is CCOC(=O)C1CCCN(C(=O)c2ccc(-c3ccccc3)nc2N2CCOCC2)C1.